The van der Waals surface area contributed by atoms with Crippen LogP contribution in [0.5, 0.6) is 5.75 Å². The predicted octanol–water partition coefficient (Wildman–Crippen LogP) is 3.71. The summed E-state index contributed by atoms with van der Waals surface area (Å²) in [6.45, 7) is 5.26. The predicted molar refractivity (Wildman–Crippen MR) is 67.8 cm³/mol. The molecular weight excluding hydrogens is 263 g/mol. The topological polar surface area (TPSA) is 35.5 Å². The van der Waals surface area contributed by atoms with E-state index in [9.17, 15) is 4.79 Å². The van der Waals surface area contributed by atoms with Gasteiger partial charge in [-0.05, 0) is 32.9 Å². The van der Waals surface area contributed by atoms with Crippen molar-refractivity contribution in [3.05, 3.63) is 28.2 Å². The smallest absolute Gasteiger partial charge is 0.349 e. The van der Waals surface area contributed by atoms with Gasteiger partial charge in [0.2, 0.25) is 0 Å². The molecule has 3 nitrogen and oxygen atoms in total. The average Bonchev–Trinajstić information content (AvgIpc) is 2.25. The lowest BCUT2D eigenvalue weighted by Crippen LogP contribution is -2.39. The number of carbonyl (C=O) groups is 1. The Balaban J connectivity index is 2.90. The van der Waals surface area contributed by atoms with Gasteiger partial charge in [0.1, 0.15) is 10.8 Å². The second-order valence-electron chi connectivity index (χ2n) is 3.88. The van der Waals surface area contributed by atoms with Crippen LogP contribution in [-0.4, -0.2) is 18.2 Å². The van der Waals surface area contributed by atoms with E-state index in [1.807, 2.05) is 0 Å². The first kappa shape index (κ1) is 14.1. The first-order valence-electron chi connectivity index (χ1n) is 5.18. The summed E-state index contributed by atoms with van der Waals surface area (Å²) in [5, 5.41) is 0.662. The van der Waals surface area contributed by atoms with Gasteiger partial charge in [-0.1, -0.05) is 29.3 Å². The molecule has 0 saturated carbocycles. The molecule has 0 radical (unpaired) electrons. The summed E-state index contributed by atoms with van der Waals surface area (Å²) in [6.07, 6.45) is 0. The molecule has 1 rings (SSSR count). The molecule has 0 heterocycles. The van der Waals surface area contributed by atoms with E-state index in [0.29, 0.717) is 17.4 Å². The maximum Gasteiger partial charge on any atom is 0.349 e. The van der Waals surface area contributed by atoms with E-state index in [0.717, 1.165) is 0 Å². The molecule has 0 amide bonds. The fourth-order valence-corrected chi connectivity index (χ4v) is 1.51. The van der Waals surface area contributed by atoms with Crippen LogP contribution in [0, 0.1) is 0 Å². The Morgan fingerprint density at radius 3 is 2.59 bits per heavy atom. The minimum Gasteiger partial charge on any atom is -0.475 e. The minimum absolute atomic E-state index is 0.284. The zero-order chi connectivity index (χ0) is 13.1. The van der Waals surface area contributed by atoms with Crippen molar-refractivity contribution in [2.24, 2.45) is 0 Å². The quantitative estimate of drug-likeness (QED) is 0.787. The molecule has 1 aromatic rings. The highest BCUT2D eigenvalue weighted by atomic mass is 35.5. The molecule has 0 saturated heterocycles. The molecule has 0 unspecified atom stereocenters. The van der Waals surface area contributed by atoms with Crippen LogP contribution in [0.15, 0.2) is 18.2 Å². The average molecular weight is 277 g/mol. The van der Waals surface area contributed by atoms with Crippen LogP contribution in [0.4, 0.5) is 0 Å². The fourth-order valence-electron chi connectivity index (χ4n) is 1.18. The van der Waals surface area contributed by atoms with Gasteiger partial charge in [-0.2, -0.15) is 0 Å². The molecule has 0 aliphatic carbocycles. The van der Waals surface area contributed by atoms with Crippen LogP contribution in [0.2, 0.25) is 10.0 Å². The van der Waals surface area contributed by atoms with Crippen LogP contribution >= 0.6 is 23.2 Å². The third kappa shape index (κ3) is 3.51. The number of rotatable bonds is 4. The molecule has 0 spiro atoms. The van der Waals surface area contributed by atoms with Gasteiger partial charge in [-0.15, -0.1) is 0 Å². The highest BCUT2D eigenvalue weighted by molar-refractivity contribution is 6.42. The Hall–Kier alpha value is -0.930. The number of ether oxygens (including phenoxy) is 2. The van der Waals surface area contributed by atoms with Crippen LogP contribution in [-0.2, 0) is 9.53 Å². The maximum atomic E-state index is 11.6. The number of hydrogen-bond acceptors (Lipinski definition) is 3. The molecule has 1 aromatic carbocycles. The lowest BCUT2D eigenvalue weighted by molar-refractivity contribution is -0.158. The second kappa shape index (κ2) is 5.61. The Bertz CT molecular complexity index is 416. The summed E-state index contributed by atoms with van der Waals surface area (Å²) in [5.74, 6) is -0.0896. The summed E-state index contributed by atoms with van der Waals surface area (Å²) in [7, 11) is 0. The van der Waals surface area contributed by atoms with Gasteiger partial charge in [0, 0.05) is 0 Å². The van der Waals surface area contributed by atoms with Gasteiger partial charge in [0.25, 0.3) is 0 Å². The van der Waals surface area contributed by atoms with Crippen molar-refractivity contribution in [1.29, 1.82) is 0 Å². The van der Waals surface area contributed by atoms with Crippen molar-refractivity contribution >= 4 is 29.2 Å². The van der Waals surface area contributed by atoms with Gasteiger partial charge < -0.3 is 9.47 Å². The minimum atomic E-state index is -1.11. The summed E-state index contributed by atoms with van der Waals surface area (Å²) < 4.78 is 10.4. The Morgan fingerprint density at radius 1 is 1.35 bits per heavy atom. The standard InChI is InChI=1S/C12H14Cl2O3/c1-4-16-11(15)12(2,3)17-9-7-5-6-8(13)10(9)14/h5-7H,4H2,1-3H3. The van der Waals surface area contributed by atoms with E-state index in [1.165, 1.54) is 0 Å². The van der Waals surface area contributed by atoms with Gasteiger partial charge in [0.15, 0.2) is 5.60 Å². The monoisotopic (exact) mass is 276 g/mol. The second-order valence-corrected chi connectivity index (χ2v) is 4.67. The van der Waals surface area contributed by atoms with E-state index in [-0.39, 0.29) is 5.02 Å². The lowest BCUT2D eigenvalue weighted by atomic mass is 10.1. The van der Waals surface area contributed by atoms with Gasteiger partial charge in [0.05, 0.1) is 11.6 Å². The molecule has 0 aliphatic rings. The summed E-state index contributed by atoms with van der Waals surface area (Å²) in [4.78, 5) is 11.6. The molecule has 0 atom stereocenters. The lowest BCUT2D eigenvalue weighted by Gasteiger charge is -2.24. The van der Waals surface area contributed by atoms with Gasteiger partial charge >= 0.3 is 5.97 Å². The van der Waals surface area contributed by atoms with Crippen molar-refractivity contribution in [1.82, 2.24) is 0 Å². The maximum absolute atomic E-state index is 11.6. The molecule has 0 aliphatic heterocycles. The van der Waals surface area contributed by atoms with E-state index < -0.39 is 11.6 Å². The summed E-state index contributed by atoms with van der Waals surface area (Å²) in [6, 6.07) is 4.99. The highest BCUT2D eigenvalue weighted by Crippen LogP contribution is 2.33. The normalized spacial score (nSPS) is 11.1. The van der Waals surface area contributed by atoms with Crippen molar-refractivity contribution in [2.45, 2.75) is 26.4 Å². The van der Waals surface area contributed by atoms with E-state index in [2.05, 4.69) is 0 Å². The van der Waals surface area contributed by atoms with Gasteiger partial charge in [-0.25, -0.2) is 4.79 Å². The van der Waals surface area contributed by atoms with Crippen LogP contribution in [0.3, 0.4) is 0 Å². The Labute approximate surface area is 111 Å². The Morgan fingerprint density at radius 2 is 2.00 bits per heavy atom. The van der Waals surface area contributed by atoms with Crippen molar-refractivity contribution in [2.75, 3.05) is 6.61 Å². The molecule has 5 heteroatoms. The van der Waals surface area contributed by atoms with E-state index >= 15 is 0 Å². The van der Waals surface area contributed by atoms with Crippen molar-refractivity contribution in [3.63, 3.8) is 0 Å². The summed E-state index contributed by atoms with van der Waals surface area (Å²) >= 11 is 11.8. The molecule has 0 fully saturated rings. The molecular formula is C12H14Cl2O3. The zero-order valence-electron chi connectivity index (χ0n) is 9.92. The number of hydrogen-bond donors (Lipinski definition) is 0. The SMILES string of the molecule is CCOC(=O)C(C)(C)Oc1cccc(Cl)c1Cl. The molecule has 0 N–H and O–H groups in total. The molecule has 94 valence electrons. The Kier molecular flexibility index (Phi) is 4.66. The molecule has 0 aromatic heterocycles. The zero-order valence-corrected chi connectivity index (χ0v) is 11.4. The number of carbonyl (C=O) groups excluding carboxylic acids is 1. The van der Waals surface area contributed by atoms with E-state index in [1.54, 1.807) is 39.0 Å². The molecule has 0 bridgehead atoms. The third-order valence-electron chi connectivity index (χ3n) is 2.05. The first-order valence-corrected chi connectivity index (χ1v) is 5.94. The van der Waals surface area contributed by atoms with Crippen LogP contribution in [0.25, 0.3) is 0 Å². The van der Waals surface area contributed by atoms with Crippen molar-refractivity contribution < 1.29 is 14.3 Å². The van der Waals surface area contributed by atoms with Crippen LogP contribution in [0.1, 0.15) is 20.8 Å². The summed E-state index contributed by atoms with van der Waals surface area (Å²) in [5.41, 5.74) is -1.11. The number of esters is 1. The number of halogens is 2. The van der Waals surface area contributed by atoms with Gasteiger partial charge in [-0.3, -0.25) is 0 Å². The highest BCUT2D eigenvalue weighted by Gasteiger charge is 2.32. The number of benzene rings is 1. The van der Waals surface area contributed by atoms with E-state index in [4.69, 9.17) is 32.7 Å². The third-order valence-corrected chi connectivity index (χ3v) is 2.85. The molecule has 17 heavy (non-hydrogen) atoms. The largest absolute Gasteiger partial charge is 0.475 e. The van der Waals surface area contributed by atoms with Crippen LogP contribution < -0.4 is 4.74 Å². The van der Waals surface area contributed by atoms with Crippen molar-refractivity contribution in [3.8, 4) is 5.75 Å². The fraction of sp³-hybridized carbons (Fsp3) is 0.417. The first-order chi connectivity index (χ1) is 7.88.